The van der Waals surface area contributed by atoms with Crippen molar-refractivity contribution < 1.29 is 13.6 Å². The lowest BCUT2D eigenvalue weighted by atomic mass is 10.3. The molecule has 0 aromatic carbocycles. The van der Waals surface area contributed by atoms with Crippen molar-refractivity contribution in [2.24, 2.45) is 0 Å². The van der Waals surface area contributed by atoms with E-state index in [-0.39, 0.29) is 6.23 Å². The van der Waals surface area contributed by atoms with Crippen LogP contribution in [0.25, 0.3) is 0 Å². The van der Waals surface area contributed by atoms with Gasteiger partial charge >= 0.3 is 8.56 Å². The summed E-state index contributed by atoms with van der Waals surface area (Å²) in [6.07, 6.45) is 2.26. The molecule has 2 aliphatic heterocycles. The minimum absolute atomic E-state index is 0.0706. The summed E-state index contributed by atoms with van der Waals surface area (Å²) >= 11 is 0. The van der Waals surface area contributed by atoms with E-state index in [1.807, 2.05) is 0 Å². The van der Waals surface area contributed by atoms with Crippen LogP contribution in [0.5, 0.6) is 0 Å². The third-order valence-corrected chi connectivity index (χ3v) is 9.41. The molecular formula is C16H34N2O3Si. The molecule has 0 bridgehead atoms. The number of piperazine rings is 1. The average molecular weight is 331 g/mol. The van der Waals surface area contributed by atoms with Gasteiger partial charge in [-0.15, -0.1) is 0 Å². The molecule has 2 fully saturated rings. The molecule has 2 rings (SSSR count). The summed E-state index contributed by atoms with van der Waals surface area (Å²) in [7, 11) is 0.0178. The zero-order chi connectivity index (χ0) is 16.0. The fourth-order valence-electron chi connectivity index (χ4n) is 3.48. The van der Waals surface area contributed by atoms with E-state index < -0.39 is 8.56 Å². The molecule has 130 valence electrons. The molecular weight excluding hydrogens is 296 g/mol. The van der Waals surface area contributed by atoms with Gasteiger partial charge in [0, 0.05) is 44.9 Å². The SMILES string of the molecule is CCC[Si]1(OCC)OC(N2CCN(C)CC2)COCCC1C. The molecule has 2 saturated heterocycles. The van der Waals surface area contributed by atoms with Crippen molar-refractivity contribution in [3.63, 3.8) is 0 Å². The van der Waals surface area contributed by atoms with Crippen molar-refractivity contribution in [1.82, 2.24) is 9.80 Å². The number of hydrogen-bond acceptors (Lipinski definition) is 5. The van der Waals surface area contributed by atoms with Gasteiger partial charge in [0.25, 0.3) is 0 Å². The molecule has 0 aromatic heterocycles. The zero-order valence-corrected chi connectivity index (χ0v) is 15.8. The van der Waals surface area contributed by atoms with E-state index in [4.69, 9.17) is 13.6 Å². The number of likely N-dealkylation sites (N-methyl/N-ethyl adjacent to an activating group) is 1. The number of rotatable bonds is 5. The Morgan fingerprint density at radius 3 is 2.55 bits per heavy atom. The number of hydrogen-bond donors (Lipinski definition) is 0. The standard InChI is InChI=1S/C16H34N2O3Si/c1-5-13-22(20-6-2)15(3)7-12-19-14-16(21-22)18-10-8-17(4)9-11-18/h15-16H,5-14H2,1-4H3. The van der Waals surface area contributed by atoms with E-state index >= 15 is 0 Å². The van der Waals surface area contributed by atoms with Crippen molar-refractivity contribution in [3.05, 3.63) is 0 Å². The van der Waals surface area contributed by atoms with Gasteiger partial charge < -0.3 is 18.5 Å². The fourth-order valence-corrected chi connectivity index (χ4v) is 7.24. The molecule has 5 nitrogen and oxygen atoms in total. The summed E-state index contributed by atoms with van der Waals surface area (Å²) in [5.74, 6) is 0. The summed E-state index contributed by atoms with van der Waals surface area (Å²) in [5, 5.41) is 0. The maximum atomic E-state index is 6.75. The minimum atomic E-state index is -2.17. The van der Waals surface area contributed by atoms with Crippen LogP contribution in [0.2, 0.25) is 11.6 Å². The molecule has 2 aliphatic rings. The van der Waals surface area contributed by atoms with E-state index in [0.717, 1.165) is 58.3 Å². The van der Waals surface area contributed by atoms with E-state index in [1.54, 1.807) is 0 Å². The third-order valence-electron chi connectivity index (χ3n) is 4.97. The highest BCUT2D eigenvalue weighted by Gasteiger charge is 2.46. The second kappa shape index (κ2) is 8.75. The van der Waals surface area contributed by atoms with E-state index in [9.17, 15) is 0 Å². The highest BCUT2D eigenvalue weighted by molar-refractivity contribution is 6.69. The van der Waals surface area contributed by atoms with Crippen LogP contribution in [0.4, 0.5) is 0 Å². The second-order valence-corrected chi connectivity index (χ2v) is 10.3. The predicted octanol–water partition coefficient (Wildman–Crippen LogP) is 2.28. The Bertz CT molecular complexity index is 319. The molecule has 3 atom stereocenters. The van der Waals surface area contributed by atoms with E-state index in [2.05, 4.69) is 37.6 Å². The van der Waals surface area contributed by atoms with Crippen LogP contribution in [-0.4, -0.2) is 77.6 Å². The summed E-state index contributed by atoms with van der Waals surface area (Å²) in [6.45, 7) is 13.2. The zero-order valence-electron chi connectivity index (χ0n) is 14.8. The Morgan fingerprint density at radius 2 is 1.91 bits per heavy atom. The second-order valence-electron chi connectivity index (χ2n) is 6.67. The van der Waals surface area contributed by atoms with Crippen LogP contribution in [0.1, 0.15) is 33.6 Å². The molecule has 0 aromatic rings. The van der Waals surface area contributed by atoms with Crippen molar-refractivity contribution in [3.8, 4) is 0 Å². The average Bonchev–Trinajstić information content (AvgIpc) is 2.50. The van der Waals surface area contributed by atoms with Crippen LogP contribution in [0.3, 0.4) is 0 Å². The first-order valence-corrected chi connectivity index (χ1v) is 11.0. The van der Waals surface area contributed by atoms with Crippen molar-refractivity contribution in [1.29, 1.82) is 0 Å². The maximum Gasteiger partial charge on any atom is 0.342 e. The molecule has 0 aliphatic carbocycles. The summed E-state index contributed by atoms with van der Waals surface area (Å²) < 4.78 is 18.9. The normalized spacial score (nSPS) is 36.0. The fraction of sp³-hybridized carbons (Fsp3) is 1.00. The topological polar surface area (TPSA) is 34.2 Å². The Hall–Kier alpha value is 0.0169. The van der Waals surface area contributed by atoms with Gasteiger partial charge in [0.1, 0.15) is 6.23 Å². The molecule has 2 heterocycles. The molecule has 6 heteroatoms. The van der Waals surface area contributed by atoms with Crippen molar-refractivity contribution in [2.75, 3.05) is 53.0 Å². The molecule has 3 unspecified atom stereocenters. The summed E-state index contributed by atoms with van der Waals surface area (Å²) in [4.78, 5) is 4.83. The Balaban J connectivity index is 2.11. The molecule has 0 N–H and O–H groups in total. The van der Waals surface area contributed by atoms with Crippen LogP contribution in [-0.2, 0) is 13.6 Å². The predicted molar refractivity (Wildman–Crippen MR) is 91.3 cm³/mol. The molecule has 0 spiro atoms. The lowest BCUT2D eigenvalue weighted by molar-refractivity contribution is -0.0849. The van der Waals surface area contributed by atoms with Crippen LogP contribution in [0.15, 0.2) is 0 Å². The first-order chi connectivity index (χ1) is 10.6. The van der Waals surface area contributed by atoms with Gasteiger partial charge in [-0.1, -0.05) is 20.3 Å². The molecule has 22 heavy (non-hydrogen) atoms. The molecule has 0 saturated carbocycles. The lowest BCUT2D eigenvalue weighted by Crippen LogP contribution is -2.58. The molecule has 0 amide bonds. The van der Waals surface area contributed by atoms with E-state index in [0.29, 0.717) is 12.1 Å². The van der Waals surface area contributed by atoms with Crippen LogP contribution < -0.4 is 0 Å². The summed E-state index contributed by atoms with van der Waals surface area (Å²) in [6, 6.07) is 1.09. The van der Waals surface area contributed by atoms with Gasteiger partial charge in [0.2, 0.25) is 0 Å². The van der Waals surface area contributed by atoms with Gasteiger partial charge in [-0.25, -0.2) is 0 Å². The van der Waals surface area contributed by atoms with Crippen LogP contribution >= 0.6 is 0 Å². The van der Waals surface area contributed by atoms with Gasteiger partial charge in [0.05, 0.1) is 6.61 Å². The van der Waals surface area contributed by atoms with Crippen molar-refractivity contribution >= 4 is 8.56 Å². The minimum Gasteiger partial charge on any atom is -0.394 e. The third kappa shape index (κ3) is 4.52. The molecule has 0 radical (unpaired) electrons. The quantitative estimate of drug-likeness (QED) is 0.723. The van der Waals surface area contributed by atoms with Gasteiger partial charge in [0.15, 0.2) is 0 Å². The largest absolute Gasteiger partial charge is 0.394 e. The van der Waals surface area contributed by atoms with Gasteiger partial charge in [-0.3, -0.25) is 4.90 Å². The Morgan fingerprint density at radius 1 is 1.18 bits per heavy atom. The van der Waals surface area contributed by atoms with Gasteiger partial charge in [-0.05, 0) is 26.4 Å². The first-order valence-electron chi connectivity index (χ1n) is 8.93. The summed E-state index contributed by atoms with van der Waals surface area (Å²) in [5.41, 5.74) is 0.489. The number of nitrogens with zero attached hydrogens (tertiary/aromatic N) is 2. The lowest BCUT2D eigenvalue weighted by Gasteiger charge is -2.45. The Labute approximate surface area is 137 Å². The highest BCUT2D eigenvalue weighted by atomic mass is 28.4. The first kappa shape index (κ1) is 18.4. The monoisotopic (exact) mass is 330 g/mol. The van der Waals surface area contributed by atoms with E-state index in [1.165, 1.54) is 0 Å². The number of ether oxygens (including phenoxy) is 1. The highest BCUT2D eigenvalue weighted by Crippen LogP contribution is 2.35. The van der Waals surface area contributed by atoms with Gasteiger partial charge in [-0.2, -0.15) is 0 Å². The maximum absolute atomic E-state index is 6.75. The Kier molecular flexibility index (Phi) is 7.30. The van der Waals surface area contributed by atoms with Crippen molar-refractivity contribution in [2.45, 2.75) is 51.4 Å². The smallest absolute Gasteiger partial charge is 0.342 e. The van der Waals surface area contributed by atoms with Crippen LogP contribution in [0, 0.1) is 0 Å².